The van der Waals surface area contributed by atoms with Crippen molar-refractivity contribution in [2.45, 2.75) is 58.9 Å². The summed E-state index contributed by atoms with van der Waals surface area (Å²) in [5, 5.41) is 7.34. The van der Waals surface area contributed by atoms with Gasteiger partial charge in [-0.15, -0.1) is 11.3 Å². The van der Waals surface area contributed by atoms with Crippen LogP contribution in [0.4, 0.5) is 0 Å². The molecule has 2 rings (SSSR count). The van der Waals surface area contributed by atoms with E-state index in [0.29, 0.717) is 0 Å². The molecule has 0 atom stereocenters. The SMILES string of the molecule is CC(C)(C)NCCc1csc2ccc(C(C)(C)C)cc12. The van der Waals surface area contributed by atoms with E-state index in [4.69, 9.17) is 0 Å². The summed E-state index contributed by atoms with van der Waals surface area (Å²) >= 11 is 1.86. The molecule has 0 spiro atoms. The Morgan fingerprint density at radius 3 is 2.35 bits per heavy atom. The molecule has 0 aliphatic heterocycles. The molecule has 0 saturated heterocycles. The lowest BCUT2D eigenvalue weighted by molar-refractivity contribution is 0.430. The Kier molecular flexibility index (Phi) is 4.27. The summed E-state index contributed by atoms with van der Waals surface area (Å²) in [7, 11) is 0. The van der Waals surface area contributed by atoms with Gasteiger partial charge in [0.25, 0.3) is 0 Å². The van der Waals surface area contributed by atoms with Gasteiger partial charge in [0.2, 0.25) is 0 Å². The Bertz CT molecular complexity index is 581. The van der Waals surface area contributed by atoms with Crippen LogP contribution in [0.25, 0.3) is 10.1 Å². The number of rotatable bonds is 3. The minimum Gasteiger partial charge on any atom is -0.312 e. The van der Waals surface area contributed by atoms with Gasteiger partial charge in [0.1, 0.15) is 0 Å². The maximum absolute atomic E-state index is 3.57. The van der Waals surface area contributed by atoms with Gasteiger partial charge in [0, 0.05) is 10.2 Å². The monoisotopic (exact) mass is 289 g/mol. The molecule has 0 aliphatic carbocycles. The third kappa shape index (κ3) is 3.83. The molecule has 1 N–H and O–H groups in total. The van der Waals surface area contributed by atoms with Crippen molar-refractivity contribution in [1.82, 2.24) is 5.32 Å². The second-order valence-corrected chi connectivity index (χ2v) is 8.56. The highest BCUT2D eigenvalue weighted by Gasteiger charge is 2.15. The minimum absolute atomic E-state index is 0.197. The van der Waals surface area contributed by atoms with Gasteiger partial charge in [-0.1, -0.05) is 26.8 Å². The largest absolute Gasteiger partial charge is 0.312 e. The molecular formula is C18H27NS. The van der Waals surface area contributed by atoms with Crippen LogP contribution in [0, 0.1) is 0 Å². The molecule has 0 radical (unpaired) electrons. The maximum atomic E-state index is 3.57. The highest BCUT2D eigenvalue weighted by Crippen LogP contribution is 2.31. The highest BCUT2D eigenvalue weighted by molar-refractivity contribution is 7.17. The third-order valence-corrected chi connectivity index (χ3v) is 4.58. The van der Waals surface area contributed by atoms with Crippen LogP contribution in [-0.2, 0) is 11.8 Å². The van der Waals surface area contributed by atoms with Crippen molar-refractivity contribution in [3.63, 3.8) is 0 Å². The second kappa shape index (κ2) is 5.50. The van der Waals surface area contributed by atoms with E-state index in [1.54, 1.807) is 0 Å². The van der Waals surface area contributed by atoms with Crippen molar-refractivity contribution >= 4 is 21.4 Å². The first kappa shape index (κ1) is 15.5. The smallest absolute Gasteiger partial charge is 0.0345 e. The molecule has 2 heteroatoms. The Hall–Kier alpha value is -0.860. The number of hydrogen-bond acceptors (Lipinski definition) is 2. The Morgan fingerprint density at radius 1 is 1.05 bits per heavy atom. The lowest BCUT2D eigenvalue weighted by atomic mass is 9.86. The van der Waals surface area contributed by atoms with Gasteiger partial charge >= 0.3 is 0 Å². The number of fused-ring (bicyclic) bond motifs is 1. The molecule has 1 aromatic carbocycles. The minimum atomic E-state index is 0.197. The van der Waals surface area contributed by atoms with Crippen molar-refractivity contribution in [2.75, 3.05) is 6.54 Å². The van der Waals surface area contributed by atoms with E-state index in [2.05, 4.69) is 70.4 Å². The zero-order chi connectivity index (χ0) is 15.0. The van der Waals surface area contributed by atoms with E-state index < -0.39 is 0 Å². The number of nitrogens with one attached hydrogen (secondary N) is 1. The Labute approximate surface area is 127 Å². The first-order valence-electron chi connectivity index (χ1n) is 7.42. The lowest BCUT2D eigenvalue weighted by Crippen LogP contribution is -2.37. The van der Waals surface area contributed by atoms with Gasteiger partial charge in [-0.05, 0) is 73.2 Å². The van der Waals surface area contributed by atoms with E-state index in [-0.39, 0.29) is 11.0 Å². The quantitative estimate of drug-likeness (QED) is 0.826. The third-order valence-electron chi connectivity index (χ3n) is 3.57. The molecule has 2 aromatic rings. The van der Waals surface area contributed by atoms with Crippen molar-refractivity contribution in [2.24, 2.45) is 0 Å². The predicted molar refractivity (Wildman–Crippen MR) is 92.0 cm³/mol. The van der Waals surface area contributed by atoms with Crippen LogP contribution in [0.3, 0.4) is 0 Å². The van der Waals surface area contributed by atoms with E-state index in [1.165, 1.54) is 21.2 Å². The van der Waals surface area contributed by atoms with Crippen LogP contribution >= 0.6 is 11.3 Å². The van der Waals surface area contributed by atoms with Crippen LogP contribution in [0.5, 0.6) is 0 Å². The molecule has 20 heavy (non-hydrogen) atoms. The average molecular weight is 289 g/mol. The summed E-state index contributed by atoms with van der Waals surface area (Å²) < 4.78 is 1.41. The van der Waals surface area contributed by atoms with Crippen molar-refractivity contribution in [1.29, 1.82) is 0 Å². The Morgan fingerprint density at radius 2 is 1.75 bits per heavy atom. The summed E-state index contributed by atoms with van der Waals surface area (Å²) in [6, 6.07) is 6.94. The van der Waals surface area contributed by atoms with Gasteiger partial charge in [-0.3, -0.25) is 0 Å². The lowest BCUT2D eigenvalue weighted by Gasteiger charge is -2.20. The average Bonchev–Trinajstić information content (AvgIpc) is 2.69. The molecule has 0 saturated carbocycles. The fourth-order valence-corrected chi connectivity index (χ4v) is 3.29. The van der Waals surface area contributed by atoms with E-state index in [0.717, 1.165) is 13.0 Å². The van der Waals surface area contributed by atoms with E-state index >= 15 is 0 Å². The van der Waals surface area contributed by atoms with Crippen LogP contribution in [0.1, 0.15) is 52.7 Å². The molecule has 0 aliphatic rings. The zero-order valence-electron chi connectivity index (χ0n) is 13.6. The van der Waals surface area contributed by atoms with Crippen LogP contribution < -0.4 is 5.32 Å². The summed E-state index contributed by atoms with van der Waals surface area (Å²) in [6.07, 6.45) is 1.10. The maximum Gasteiger partial charge on any atom is 0.0345 e. The highest BCUT2D eigenvalue weighted by atomic mass is 32.1. The van der Waals surface area contributed by atoms with Gasteiger partial charge in [-0.25, -0.2) is 0 Å². The fourth-order valence-electron chi connectivity index (χ4n) is 2.31. The van der Waals surface area contributed by atoms with Gasteiger partial charge in [0.05, 0.1) is 0 Å². The van der Waals surface area contributed by atoms with Gasteiger partial charge < -0.3 is 5.32 Å². The Balaban J connectivity index is 2.22. The molecule has 0 amide bonds. The summed E-state index contributed by atoms with van der Waals surface area (Å²) in [5.41, 5.74) is 3.32. The standard InChI is InChI=1S/C18H27NS/c1-17(2,3)14-7-8-16-15(11-14)13(12-20-16)9-10-19-18(4,5)6/h7-8,11-12,19H,9-10H2,1-6H3. The predicted octanol–water partition coefficient (Wildman–Crippen LogP) is 5.13. The summed E-state index contributed by atoms with van der Waals surface area (Å²) in [6.45, 7) is 14.5. The molecular weight excluding hydrogens is 262 g/mol. The van der Waals surface area contributed by atoms with Crippen LogP contribution in [-0.4, -0.2) is 12.1 Å². The molecule has 1 nitrogen and oxygen atoms in total. The first-order chi connectivity index (χ1) is 9.17. The summed E-state index contributed by atoms with van der Waals surface area (Å²) in [5.74, 6) is 0. The van der Waals surface area contributed by atoms with Gasteiger partial charge in [-0.2, -0.15) is 0 Å². The molecule has 0 fully saturated rings. The molecule has 0 bridgehead atoms. The van der Waals surface area contributed by atoms with Crippen LogP contribution in [0.2, 0.25) is 0 Å². The van der Waals surface area contributed by atoms with E-state index in [9.17, 15) is 0 Å². The van der Waals surface area contributed by atoms with Crippen molar-refractivity contribution in [3.8, 4) is 0 Å². The summed E-state index contributed by atoms with van der Waals surface area (Å²) in [4.78, 5) is 0. The first-order valence-corrected chi connectivity index (χ1v) is 8.30. The molecule has 110 valence electrons. The van der Waals surface area contributed by atoms with Gasteiger partial charge in [0.15, 0.2) is 0 Å². The van der Waals surface area contributed by atoms with Crippen molar-refractivity contribution < 1.29 is 0 Å². The number of benzene rings is 1. The fraction of sp³-hybridized carbons (Fsp3) is 0.556. The van der Waals surface area contributed by atoms with Crippen molar-refractivity contribution in [3.05, 3.63) is 34.7 Å². The second-order valence-electron chi connectivity index (χ2n) is 7.65. The van der Waals surface area contributed by atoms with Crippen LogP contribution in [0.15, 0.2) is 23.6 Å². The zero-order valence-corrected chi connectivity index (χ0v) is 14.4. The molecule has 0 unspecified atom stereocenters. The number of hydrogen-bond donors (Lipinski definition) is 1. The molecule has 1 heterocycles. The molecule has 1 aromatic heterocycles. The topological polar surface area (TPSA) is 12.0 Å². The van der Waals surface area contributed by atoms with E-state index in [1.807, 2.05) is 11.3 Å². The normalized spacial score (nSPS) is 13.1. The number of thiophene rings is 1.